The van der Waals surface area contributed by atoms with Crippen LogP contribution in [0.1, 0.15) is 48.2 Å². The van der Waals surface area contributed by atoms with Gasteiger partial charge < -0.3 is 0 Å². The molecule has 94 valence electrons. The fourth-order valence-corrected chi connectivity index (χ4v) is 2.23. The first-order valence-electron chi connectivity index (χ1n) is 6.78. The van der Waals surface area contributed by atoms with E-state index >= 15 is 0 Å². The average Bonchev–Trinajstić information content (AvgIpc) is 2.24. The molecule has 0 aromatic heterocycles. The third-order valence-electron chi connectivity index (χ3n) is 2.84. The number of hydrogen-bond donors (Lipinski definition) is 0. The zero-order valence-corrected chi connectivity index (χ0v) is 10.8. The van der Waals surface area contributed by atoms with Gasteiger partial charge in [0.25, 0.3) is 10.1 Å². The second-order valence-electron chi connectivity index (χ2n) is 4.52. The minimum Gasteiger partial charge on any atom is -0.266 e. The van der Waals surface area contributed by atoms with Crippen LogP contribution in [-0.2, 0) is 14.3 Å². The second kappa shape index (κ2) is 6.40. The molecule has 0 aliphatic heterocycles. The van der Waals surface area contributed by atoms with Gasteiger partial charge in [0.15, 0.2) is 0 Å². The lowest BCUT2D eigenvalue weighted by Gasteiger charge is -2.20. The monoisotopic (exact) mass is 248 g/mol. The summed E-state index contributed by atoms with van der Waals surface area (Å²) in [5, 5.41) is 0. The van der Waals surface area contributed by atoms with Gasteiger partial charge in [-0.15, -0.1) is 0 Å². The van der Waals surface area contributed by atoms with Crippen molar-refractivity contribution in [2.45, 2.75) is 45.4 Å². The predicted molar refractivity (Wildman–Crippen MR) is 65.7 cm³/mol. The molecular formula is C12H22O3S. The van der Waals surface area contributed by atoms with Crippen LogP contribution < -0.4 is 0 Å². The molecule has 0 heterocycles. The van der Waals surface area contributed by atoms with E-state index in [9.17, 15) is 8.42 Å². The van der Waals surface area contributed by atoms with Gasteiger partial charge in [-0.2, -0.15) is 8.42 Å². The number of hydrogen-bond acceptors (Lipinski definition) is 3. The Balaban J connectivity index is 2.58. The van der Waals surface area contributed by atoms with Crippen molar-refractivity contribution in [3.05, 3.63) is 11.6 Å². The van der Waals surface area contributed by atoms with Gasteiger partial charge in [-0.1, -0.05) is 43.8 Å². The van der Waals surface area contributed by atoms with Crippen molar-refractivity contribution in [3.63, 3.8) is 0 Å². The molecule has 0 aromatic rings. The first-order chi connectivity index (χ1) is 8.21. The molecule has 1 aliphatic carbocycles. The maximum atomic E-state index is 11.0. The van der Waals surface area contributed by atoms with Crippen molar-refractivity contribution in [3.8, 4) is 0 Å². The molecule has 0 bridgehead atoms. The Hall–Kier alpha value is -0.350. The van der Waals surface area contributed by atoms with E-state index in [1.165, 1.54) is 32.1 Å². The second-order valence-corrected chi connectivity index (χ2v) is 6.09. The zero-order valence-electron chi connectivity index (χ0n) is 12.0. The van der Waals surface area contributed by atoms with Crippen LogP contribution in [-0.4, -0.2) is 21.2 Å². The lowest BCUT2D eigenvalue weighted by atomic mass is 9.86. The van der Waals surface area contributed by atoms with E-state index in [0.717, 1.165) is 12.7 Å². The summed E-state index contributed by atoms with van der Waals surface area (Å²) in [6, 6.07) is 0. The first kappa shape index (κ1) is 10.8. The van der Waals surface area contributed by atoms with Crippen molar-refractivity contribution in [2.24, 2.45) is 5.92 Å². The normalized spacial score (nSPS) is 22.8. The Morgan fingerprint density at radius 2 is 2.06 bits per heavy atom. The minimum atomic E-state index is -3.79. The SMILES string of the molecule is [2H]C([2H])(OS(C)(=O)=O)/C(C)=C/CC1CCCCC1. The lowest BCUT2D eigenvalue weighted by molar-refractivity contribution is 0.346. The van der Waals surface area contributed by atoms with Crippen LogP contribution in [0.5, 0.6) is 0 Å². The maximum absolute atomic E-state index is 11.0. The first-order valence-corrected chi connectivity index (χ1v) is 7.60. The van der Waals surface area contributed by atoms with Gasteiger partial charge >= 0.3 is 0 Å². The van der Waals surface area contributed by atoms with Crippen LogP contribution in [0.15, 0.2) is 11.6 Å². The Morgan fingerprint density at radius 1 is 1.44 bits per heavy atom. The summed E-state index contributed by atoms with van der Waals surface area (Å²) in [7, 11) is -3.79. The largest absolute Gasteiger partial charge is 0.266 e. The van der Waals surface area contributed by atoms with E-state index < -0.39 is 16.7 Å². The molecule has 0 radical (unpaired) electrons. The summed E-state index contributed by atoms with van der Waals surface area (Å²) < 4.78 is 41.6. The molecule has 0 aromatic carbocycles. The van der Waals surface area contributed by atoms with Crippen molar-refractivity contribution >= 4 is 10.1 Å². The summed E-state index contributed by atoms with van der Waals surface area (Å²) in [4.78, 5) is 0. The van der Waals surface area contributed by atoms with Crippen LogP contribution in [0.3, 0.4) is 0 Å². The molecular weight excluding hydrogens is 224 g/mol. The van der Waals surface area contributed by atoms with Gasteiger partial charge in [0.1, 0.15) is 0 Å². The van der Waals surface area contributed by atoms with Gasteiger partial charge in [-0.3, -0.25) is 4.18 Å². The lowest BCUT2D eigenvalue weighted by Crippen LogP contribution is -2.07. The smallest absolute Gasteiger partial charge is 0.264 e. The van der Waals surface area contributed by atoms with Gasteiger partial charge in [0.2, 0.25) is 0 Å². The van der Waals surface area contributed by atoms with Crippen molar-refractivity contribution in [1.29, 1.82) is 0 Å². The summed E-state index contributed by atoms with van der Waals surface area (Å²) in [6.07, 6.45) is 9.57. The van der Waals surface area contributed by atoms with E-state index in [-0.39, 0.29) is 0 Å². The Kier molecular flexibility index (Phi) is 4.31. The van der Waals surface area contributed by atoms with E-state index in [2.05, 4.69) is 4.18 Å². The Morgan fingerprint density at radius 3 is 2.62 bits per heavy atom. The fourth-order valence-electron chi connectivity index (χ4n) is 1.95. The average molecular weight is 248 g/mol. The van der Waals surface area contributed by atoms with Gasteiger partial charge in [-0.05, 0) is 19.3 Å². The molecule has 1 aliphatic rings. The molecule has 16 heavy (non-hydrogen) atoms. The topological polar surface area (TPSA) is 43.4 Å². The quantitative estimate of drug-likeness (QED) is 0.555. The van der Waals surface area contributed by atoms with E-state index in [4.69, 9.17) is 2.74 Å². The molecule has 4 heteroatoms. The Labute approximate surface area is 102 Å². The van der Waals surface area contributed by atoms with E-state index in [1.807, 2.05) is 0 Å². The molecule has 1 saturated carbocycles. The van der Waals surface area contributed by atoms with Crippen LogP contribution >= 0.6 is 0 Å². The fraction of sp³-hybridized carbons (Fsp3) is 0.833. The molecule has 0 saturated heterocycles. The molecule has 0 unspecified atom stereocenters. The van der Waals surface area contributed by atoms with Crippen LogP contribution in [0.25, 0.3) is 0 Å². The highest BCUT2D eigenvalue weighted by atomic mass is 32.2. The highest BCUT2D eigenvalue weighted by molar-refractivity contribution is 7.85. The van der Waals surface area contributed by atoms with Crippen LogP contribution in [0.4, 0.5) is 0 Å². The molecule has 0 spiro atoms. The third-order valence-corrected chi connectivity index (χ3v) is 3.22. The summed E-state index contributed by atoms with van der Waals surface area (Å²) in [5.74, 6) is 0.600. The van der Waals surface area contributed by atoms with E-state index in [1.54, 1.807) is 13.0 Å². The summed E-state index contributed by atoms with van der Waals surface area (Å²) in [6.45, 7) is -0.656. The van der Waals surface area contributed by atoms with Crippen LogP contribution in [0, 0.1) is 5.92 Å². The van der Waals surface area contributed by atoms with E-state index in [0.29, 0.717) is 11.5 Å². The molecule has 1 rings (SSSR count). The van der Waals surface area contributed by atoms with Gasteiger partial charge in [0, 0.05) is 0 Å². The third kappa shape index (κ3) is 6.28. The Bertz CT molecular complexity index is 396. The minimum absolute atomic E-state index is 0.332. The molecule has 0 N–H and O–H groups in total. The van der Waals surface area contributed by atoms with Gasteiger partial charge in [0.05, 0.1) is 15.6 Å². The molecule has 1 fully saturated rings. The van der Waals surface area contributed by atoms with Crippen molar-refractivity contribution in [2.75, 3.05) is 12.8 Å². The van der Waals surface area contributed by atoms with Crippen molar-refractivity contribution in [1.82, 2.24) is 0 Å². The highest BCUT2D eigenvalue weighted by Gasteiger charge is 2.11. The standard InChI is InChI=1S/C12H22O3S/c1-11(10-15-16(2,13)14)8-9-12-6-4-3-5-7-12/h8,12H,3-7,9-10H2,1-2H3/b11-8+/i10D2. The molecule has 3 nitrogen and oxygen atoms in total. The van der Waals surface area contributed by atoms with Gasteiger partial charge in [-0.25, -0.2) is 0 Å². The molecule has 0 amide bonds. The molecule has 0 atom stereocenters. The number of rotatable bonds is 5. The summed E-state index contributed by atoms with van der Waals surface area (Å²) in [5.41, 5.74) is 0.332. The zero-order chi connectivity index (χ0) is 13.8. The highest BCUT2D eigenvalue weighted by Crippen LogP contribution is 2.26. The summed E-state index contributed by atoms with van der Waals surface area (Å²) >= 11 is 0. The van der Waals surface area contributed by atoms with Crippen LogP contribution in [0.2, 0.25) is 0 Å². The predicted octanol–water partition coefficient (Wildman–Crippen LogP) is 2.88. The van der Waals surface area contributed by atoms with Crippen molar-refractivity contribution < 1.29 is 15.3 Å². The maximum Gasteiger partial charge on any atom is 0.264 e. The number of allylic oxidation sites excluding steroid dienone is 1.